The Hall–Kier alpha value is -4.58. The number of nitrogens with one attached hydrogen (secondary N) is 2. The predicted molar refractivity (Wildman–Crippen MR) is 171 cm³/mol. The van der Waals surface area contributed by atoms with Crippen LogP contribution in [0.1, 0.15) is 72.4 Å². The molecule has 218 valence electrons. The summed E-state index contributed by atoms with van der Waals surface area (Å²) in [5, 5.41) is 6.05. The van der Waals surface area contributed by atoms with Crippen LogP contribution >= 0.6 is 0 Å². The Labute approximate surface area is 249 Å². The largest absolute Gasteiger partial charge is 0.491 e. The van der Waals surface area contributed by atoms with Crippen molar-refractivity contribution in [3.05, 3.63) is 107 Å². The zero-order chi connectivity index (χ0) is 30.2. The first kappa shape index (κ1) is 30.4. The lowest BCUT2D eigenvalue weighted by Crippen LogP contribution is -2.14. The van der Waals surface area contributed by atoms with Crippen LogP contribution in [0.2, 0.25) is 0 Å². The van der Waals surface area contributed by atoms with Crippen LogP contribution in [0, 0.1) is 13.8 Å². The SMILES string of the molecule is CCC(C)Oc1cccc(C(=O)Nc2ccc(-c3ccc(NC(=O)c4cccc(OC(C)CC)c4)c(C)c3)cc2C)c1. The van der Waals surface area contributed by atoms with Crippen molar-refractivity contribution in [2.24, 2.45) is 0 Å². The molecular formula is C36H40N2O4. The molecule has 0 radical (unpaired) electrons. The fraction of sp³-hybridized carbons (Fsp3) is 0.278. The summed E-state index contributed by atoms with van der Waals surface area (Å²) < 4.78 is 11.7. The summed E-state index contributed by atoms with van der Waals surface area (Å²) in [5.74, 6) is 0.994. The predicted octanol–water partition coefficient (Wildman–Crippen LogP) is 8.83. The molecule has 0 aliphatic rings. The van der Waals surface area contributed by atoms with Gasteiger partial charge in [-0.25, -0.2) is 0 Å². The lowest BCUT2D eigenvalue weighted by Gasteiger charge is -2.15. The van der Waals surface area contributed by atoms with Gasteiger partial charge in [-0.3, -0.25) is 9.59 Å². The molecule has 0 bridgehead atoms. The van der Waals surface area contributed by atoms with Crippen LogP contribution in [0.5, 0.6) is 11.5 Å². The lowest BCUT2D eigenvalue weighted by atomic mass is 9.99. The van der Waals surface area contributed by atoms with Gasteiger partial charge in [-0.15, -0.1) is 0 Å². The zero-order valence-electron chi connectivity index (χ0n) is 25.3. The van der Waals surface area contributed by atoms with E-state index in [4.69, 9.17) is 9.47 Å². The lowest BCUT2D eigenvalue weighted by molar-refractivity contribution is 0.101. The second-order valence-corrected chi connectivity index (χ2v) is 10.7. The van der Waals surface area contributed by atoms with Gasteiger partial charge in [0.05, 0.1) is 12.2 Å². The summed E-state index contributed by atoms with van der Waals surface area (Å²) in [5.41, 5.74) is 6.51. The van der Waals surface area contributed by atoms with E-state index in [1.54, 1.807) is 24.3 Å². The van der Waals surface area contributed by atoms with E-state index in [9.17, 15) is 9.59 Å². The Bertz CT molecular complexity index is 1450. The first-order valence-corrected chi connectivity index (χ1v) is 14.5. The Morgan fingerprint density at radius 2 is 1.02 bits per heavy atom. The number of amides is 2. The van der Waals surface area contributed by atoms with Crippen LogP contribution in [-0.2, 0) is 0 Å². The van der Waals surface area contributed by atoms with E-state index in [0.717, 1.165) is 46.5 Å². The first-order valence-electron chi connectivity index (χ1n) is 14.5. The second kappa shape index (κ2) is 13.9. The number of carbonyl (C=O) groups excluding carboxylic acids is 2. The van der Waals surface area contributed by atoms with E-state index >= 15 is 0 Å². The molecular weight excluding hydrogens is 524 g/mol. The van der Waals surface area contributed by atoms with Crippen LogP contribution in [0.4, 0.5) is 11.4 Å². The fourth-order valence-corrected chi connectivity index (χ4v) is 4.41. The highest BCUT2D eigenvalue weighted by Gasteiger charge is 2.13. The van der Waals surface area contributed by atoms with Crippen LogP contribution in [0.25, 0.3) is 11.1 Å². The molecule has 0 spiro atoms. The molecule has 4 rings (SSSR count). The van der Waals surface area contributed by atoms with Gasteiger partial charge in [-0.2, -0.15) is 0 Å². The van der Waals surface area contributed by atoms with Crippen molar-refractivity contribution in [2.45, 2.75) is 66.6 Å². The molecule has 6 heteroatoms. The number of ether oxygens (including phenoxy) is 2. The number of aryl methyl sites for hydroxylation is 2. The van der Waals surface area contributed by atoms with Gasteiger partial charge in [0.25, 0.3) is 11.8 Å². The molecule has 0 fully saturated rings. The normalized spacial score (nSPS) is 12.2. The molecule has 2 unspecified atom stereocenters. The summed E-state index contributed by atoms with van der Waals surface area (Å²) in [6, 6.07) is 26.4. The number of hydrogen-bond acceptors (Lipinski definition) is 4. The minimum atomic E-state index is -0.187. The van der Waals surface area contributed by atoms with Crippen molar-refractivity contribution >= 4 is 23.2 Å². The number of carbonyl (C=O) groups is 2. The Balaban J connectivity index is 1.44. The van der Waals surface area contributed by atoms with E-state index in [1.165, 1.54) is 0 Å². The topological polar surface area (TPSA) is 76.7 Å². The van der Waals surface area contributed by atoms with Crippen molar-refractivity contribution in [2.75, 3.05) is 10.6 Å². The summed E-state index contributed by atoms with van der Waals surface area (Å²) >= 11 is 0. The minimum absolute atomic E-state index is 0.0820. The zero-order valence-corrected chi connectivity index (χ0v) is 25.3. The van der Waals surface area contributed by atoms with E-state index in [-0.39, 0.29) is 24.0 Å². The maximum Gasteiger partial charge on any atom is 0.255 e. The molecule has 0 aliphatic carbocycles. The van der Waals surface area contributed by atoms with Crippen LogP contribution in [-0.4, -0.2) is 24.0 Å². The second-order valence-electron chi connectivity index (χ2n) is 10.7. The third-order valence-corrected chi connectivity index (χ3v) is 7.30. The first-order chi connectivity index (χ1) is 20.2. The van der Waals surface area contributed by atoms with Crippen LogP contribution < -0.4 is 20.1 Å². The molecule has 0 aromatic heterocycles. The monoisotopic (exact) mass is 564 g/mol. The van der Waals surface area contributed by atoms with Crippen molar-refractivity contribution in [3.8, 4) is 22.6 Å². The summed E-state index contributed by atoms with van der Waals surface area (Å²) in [6.07, 6.45) is 1.95. The standard InChI is InChI=1S/C36H40N2O4/c1-7-25(5)41-31-13-9-11-29(21-31)35(39)37-33-17-15-27(19-23(33)3)28-16-18-34(24(4)20-28)38-36(40)30-12-10-14-32(22-30)42-26(6)8-2/h9-22,25-26H,7-8H2,1-6H3,(H,37,39)(H,38,40). The van der Waals surface area contributed by atoms with Crippen molar-refractivity contribution in [3.63, 3.8) is 0 Å². The van der Waals surface area contributed by atoms with E-state index in [1.807, 2.05) is 88.4 Å². The van der Waals surface area contributed by atoms with Crippen molar-refractivity contribution < 1.29 is 19.1 Å². The van der Waals surface area contributed by atoms with Gasteiger partial charge in [0, 0.05) is 22.5 Å². The van der Waals surface area contributed by atoms with Gasteiger partial charge >= 0.3 is 0 Å². The number of hydrogen-bond donors (Lipinski definition) is 2. The molecule has 0 saturated carbocycles. The van der Waals surface area contributed by atoms with Crippen molar-refractivity contribution in [1.82, 2.24) is 0 Å². The van der Waals surface area contributed by atoms with Gasteiger partial charge in [0.2, 0.25) is 0 Å². The maximum atomic E-state index is 13.0. The molecule has 2 atom stereocenters. The molecule has 2 amide bonds. The third-order valence-electron chi connectivity index (χ3n) is 7.30. The highest BCUT2D eigenvalue weighted by atomic mass is 16.5. The molecule has 6 nitrogen and oxygen atoms in total. The molecule has 0 heterocycles. The van der Waals surface area contributed by atoms with Gasteiger partial charge in [-0.05, 0) is 123 Å². The van der Waals surface area contributed by atoms with Gasteiger partial charge in [0.15, 0.2) is 0 Å². The molecule has 0 saturated heterocycles. The van der Waals surface area contributed by atoms with Crippen LogP contribution in [0.15, 0.2) is 84.9 Å². The van der Waals surface area contributed by atoms with E-state index < -0.39 is 0 Å². The quantitative estimate of drug-likeness (QED) is 0.191. The van der Waals surface area contributed by atoms with Crippen LogP contribution in [0.3, 0.4) is 0 Å². The Kier molecular flexibility index (Phi) is 10.0. The highest BCUT2D eigenvalue weighted by Crippen LogP contribution is 2.29. The summed E-state index contributed by atoms with van der Waals surface area (Å²) in [6.45, 7) is 12.1. The molecule has 4 aromatic carbocycles. The summed E-state index contributed by atoms with van der Waals surface area (Å²) in [7, 11) is 0. The Morgan fingerprint density at radius 1 is 0.619 bits per heavy atom. The maximum absolute atomic E-state index is 13.0. The van der Waals surface area contributed by atoms with E-state index in [2.05, 4.69) is 24.5 Å². The van der Waals surface area contributed by atoms with Gasteiger partial charge in [0.1, 0.15) is 11.5 Å². The number of rotatable bonds is 11. The molecule has 42 heavy (non-hydrogen) atoms. The summed E-state index contributed by atoms with van der Waals surface area (Å²) in [4.78, 5) is 25.9. The molecule has 4 aromatic rings. The smallest absolute Gasteiger partial charge is 0.255 e. The minimum Gasteiger partial charge on any atom is -0.491 e. The highest BCUT2D eigenvalue weighted by molar-refractivity contribution is 6.05. The Morgan fingerprint density at radius 3 is 1.38 bits per heavy atom. The van der Waals surface area contributed by atoms with Gasteiger partial charge in [-0.1, -0.05) is 38.1 Å². The average molecular weight is 565 g/mol. The fourth-order valence-electron chi connectivity index (χ4n) is 4.41. The molecule has 0 aliphatic heterocycles. The average Bonchev–Trinajstić information content (AvgIpc) is 2.99. The molecule has 2 N–H and O–H groups in total. The van der Waals surface area contributed by atoms with Crippen molar-refractivity contribution in [1.29, 1.82) is 0 Å². The third kappa shape index (κ3) is 7.78. The number of anilines is 2. The van der Waals surface area contributed by atoms with Gasteiger partial charge < -0.3 is 20.1 Å². The number of benzene rings is 4. The van der Waals surface area contributed by atoms with E-state index in [0.29, 0.717) is 22.6 Å².